The Bertz CT molecular complexity index is 210. The van der Waals surface area contributed by atoms with Crippen LogP contribution in [0, 0.1) is 5.92 Å². The summed E-state index contributed by atoms with van der Waals surface area (Å²) in [4.78, 5) is 11.7. The maximum atomic E-state index is 11.7. The first-order chi connectivity index (χ1) is 7.65. The van der Waals surface area contributed by atoms with E-state index in [0.717, 1.165) is 0 Å². The number of hydrogen-bond donors (Lipinski definition) is 2. The molecule has 3 N–H and O–H groups in total. The highest BCUT2D eigenvalue weighted by molar-refractivity contribution is 5.81. The van der Waals surface area contributed by atoms with Gasteiger partial charge < -0.3 is 11.1 Å². The Balaban J connectivity index is 2.37. The number of amides is 1. The summed E-state index contributed by atoms with van der Waals surface area (Å²) in [5.74, 6) is 0.662. The van der Waals surface area contributed by atoms with E-state index in [9.17, 15) is 4.79 Å². The van der Waals surface area contributed by atoms with E-state index in [1.807, 2.05) is 6.92 Å². The molecule has 0 spiro atoms. The van der Waals surface area contributed by atoms with Crippen molar-refractivity contribution in [3.05, 3.63) is 0 Å². The molecule has 0 aliphatic heterocycles. The van der Waals surface area contributed by atoms with Crippen molar-refractivity contribution in [3.63, 3.8) is 0 Å². The first-order valence-electron chi connectivity index (χ1n) is 6.71. The van der Waals surface area contributed by atoms with E-state index in [4.69, 9.17) is 5.73 Å². The molecule has 0 aromatic heterocycles. The predicted octanol–water partition coefficient (Wildman–Crippen LogP) is 2.20. The fraction of sp³-hybridized carbons (Fsp3) is 0.923. The molecule has 0 radical (unpaired) electrons. The van der Waals surface area contributed by atoms with Crippen molar-refractivity contribution in [2.75, 3.05) is 0 Å². The van der Waals surface area contributed by atoms with Crippen LogP contribution in [0.25, 0.3) is 0 Å². The van der Waals surface area contributed by atoms with Crippen molar-refractivity contribution in [2.24, 2.45) is 11.7 Å². The summed E-state index contributed by atoms with van der Waals surface area (Å²) in [7, 11) is 0. The summed E-state index contributed by atoms with van der Waals surface area (Å²) in [6.07, 6.45) is 8.54. The minimum Gasteiger partial charge on any atom is -0.352 e. The largest absolute Gasteiger partial charge is 0.352 e. The third-order valence-corrected chi connectivity index (χ3v) is 3.75. The number of hydrogen-bond acceptors (Lipinski definition) is 2. The predicted molar refractivity (Wildman–Crippen MR) is 67.1 cm³/mol. The highest BCUT2D eigenvalue weighted by atomic mass is 16.2. The van der Waals surface area contributed by atoms with Crippen LogP contribution in [-0.4, -0.2) is 18.0 Å². The van der Waals surface area contributed by atoms with Gasteiger partial charge in [0.05, 0.1) is 6.04 Å². The van der Waals surface area contributed by atoms with Crippen molar-refractivity contribution >= 4 is 5.91 Å². The van der Waals surface area contributed by atoms with E-state index in [2.05, 4.69) is 12.2 Å². The first kappa shape index (κ1) is 13.5. The van der Waals surface area contributed by atoms with Crippen LogP contribution < -0.4 is 11.1 Å². The molecule has 1 amide bonds. The second kappa shape index (κ2) is 6.89. The first-order valence-corrected chi connectivity index (χ1v) is 6.71. The van der Waals surface area contributed by atoms with Crippen LogP contribution >= 0.6 is 0 Å². The minimum atomic E-state index is -0.340. The van der Waals surface area contributed by atoms with Gasteiger partial charge in [-0.05, 0) is 32.1 Å². The average molecular weight is 226 g/mol. The number of nitrogens with one attached hydrogen (secondary N) is 1. The zero-order chi connectivity index (χ0) is 12.0. The number of carbonyl (C=O) groups excluding carboxylic acids is 1. The molecule has 3 nitrogen and oxygen atoms in total. The van der Waals surface area contributed by atoms with Gasteiger partial charge in [0, 0.05) is 6.04 Å². The molecular weight excluding hydrogens is 200 g/mol. The van der Waals surface area contributed by atoms with Gasteiger partial charge in [-0.3, -0.25) is 4.79 Å². The van der Waals surface area contributed by atoms with Gasteiger partial charge in [0.1, 0.15) is 0 Å². The molecule has 0 heterocycles. The zero-order valence-corrected chi connectivity index (χ0v) is 10.7. The second-order valence-electron chi connectivity index (χ2n) is 5.06. The molecule has 3 heteroatoms. The van der Waals surface area contributed by atoms with Gasteiger partial charge in [0.25, 0.3) is 0 Å². The van der Waals surface area contributed by atoms with E-state index >= 15 is 0 Å². The van der Waals surface area contributed by atoms with Crippen molar-refractivity contribution in [1.29, 1.82) is 0 Å². The standard InChI is InChI=1S/C13H26N2O/c1-3-12(14)13(16)15-10(2)11-8-6-4-5-7-9-11/h10-12H,3-9,14H2,1-2H3,(H,15,16)/t10-,12-/m0/s1. The number of rotatable bonds is 4. The van der Waals surface area contributed by atoms with Crippen LogP contribution in [0.5, 0.6) is 0 Å². The Morgan fingerprint density at radius 3 is 2.38 bits per heavy atom. The smallest absolute Gasteiger partial charge is 0.237 e. The third-order valence-electron chi connectivity index (χ3n) is 3.75. The van der Waals surface area contributed by atoms with Crippen molar-refractivity contribution < 1.29 is 4.79 Å². The highest BCUT2D eigenvalue weighted by Crippen LogP contribution is 2.25. The van der Waals surface area contributed by atoms with Crippen LogP contribution in [0.2, 0.25) is 0 Å². The molecule has 2 atom stereocenters. The SMILES string of the molecule is CC[C@H](N)C(=O)N[C@@H](C)C1CCCCCC1. The summed E-state index contributed by atoms with van der Waals surface area (Å²) in [6.45, 7) is 4.07. The fourth-order valence-corrected chi connectivity index (χ4v) is 2.45. The van der Waals surface area contributed by atoms with Crippen LogP contribution in [0.1, 0.15) is 58.8 Å². The molecule has 1 aliphatic rings. The van der Waals surface area contributed by atoms with Gasteiger partial charge in [-0.25, -0.2) is 0 Å². The maximum absolute atomic E-state index is 11.7. The van der Waals surface area contributed by atoms with Crippen molar-refractivity contribution in [3.8, 4) is 0 Å². The number of nitrogens with two attached hydrogens (primary N) is 1. The van der Waals surface area contributed by atoms with Crippen LogP contribution in [-0.2, 0) is 4.79 Å². The molecule has 1 fully saturated rings. The fourth-order valence-electron chi connectivity index (χ4n) is 2.45. The van der Waals surface area contributed by atoms with Crippen LogP contribution in [0.4, 0.5) is 0 Å². The second-order valence-corrected chi connectivity index (χ2v) is 5.06. The molecule has 94 valence electrons. The molecule has 0 unspecified atom stereocenters. The maximum Gasteiger partial charge on any atom is 0.237 e. The van der Waals surface area contributed by atoms with E-state index in [-0.39, 0.29) is 18.0 Å². The zero-order valence-electron chi connectivity index (χ0n) is 10.7. The average Bonchev–Trinajstić information content (AvgIpc) is 2.56. The van der Waals surface area contributed by atoms with Gasteiger partial charge in [-0.1, -0.05) is 32.6 Å². The van der Waals surface area contributed by atoms with E-state index in [1.165, 1.54) is 38.5 Å². The molecule has 1 saturated carbocycles. The molecule has 0 aromatic rings. The summed E-state index contributed by atoms with van der Waals surface area (Å²) in [5, 5.41) is 3.06. The molecule has 1 rings (SSSR count). The lowest BCUT2D eigenvalue weighted by atomic mass is 9.93. The summed E-state index contributed by atoms with van der Waals surface area (Å²) < 4.78 is 0. The monoisotopic (exact) mass is 226 g/mol. The third kappa shape index (κ3) is 4.12. The summed E-state index contributed by atoms with van der Waals surface area (Å²) in [5.41, 5.74) is 5.71. The normalized spacial score (nSPS) is 22.2. The topological polar surface area (TPSA) is 55.1 Å². The molecule has 0 aromatic carbocycles. The molecule has 1 aliphatic carbocycles. The van der Waals surface area contributed by atoms with Gasteiger partial charge in [0.15, 0.2) is 0 Å². The Hall–Kier alpha value is -0.570. The number of carbonyl (C=O) groups is 1. The molecule has 0 bridgehead atoms. The van der Waals surface area contributed by atoms with Crippen molar-refractivity contribution in [1.82, 2.24) is 5.32 Å². The van der Waals surface area contributed by atoms with Crippen molar-refractivity contribution in [2.45, 2.75) is 70.9 Å². The van der Waals surface area contributed by atoms with Gasteiger partial charge >= 0.3 is 0 Å². The van der Waals surface area contributed by atoms with E-state index < -0.39 is 0 Å². The van der Waals surface area contributed by atoms with E-state index in [1.54, 1.807) is 0 Å². The molecular formula is C13H26N2O. The Morgan fingerprint density at radius 2 is 1.88 bits per heavy atom. The van der Waals surface area contributed by atoms with Crippen LogP contribution in [0.3, 0.4) is 0 Å². The summed E-state index contributed by atoms with van der Waals surface area (Å²) >= 11 is 0. The summed E-state index contributed by atoms with van der Waals surface area (Å²) in [6, 6.07) is -0.0589. The lowest BCUT2D eigenvalue weighted by molar-refractivity contribution is -0.123. The lowest BCUT2D eigenvalue weighted by Gasteiger charge is -2.24. The highest BCUT2D eigenvalue weighted by Gasteiger charge is 2.22. The van der Waals surface area contributed by atoms with E-state index in [0.29, 0.717) is 12.3 Å². The van der Waals surface area contributed by atoms with Gasteiger partial charge in [-0.15, -0.1) is 0 Å². The molecule has 0 saturated heterocycles. The Morgan fingerprint density at radius 1 is 1.31 bits per heavy atom. The minimum absolute atomic E-state index is 0.0132. The Labute approximate surface area is 99.2 Å². The Kier molecular flexibility index (Phi) is 5.81. The van der Waals surface area contributed by atoms with Gasteiger partial charge in [-0.2, -0.15) is 0 Å². The molecule has 16 heavy (non-hydrogen) atoms. The lowest BCUT2D eigenvalue weighted by Crippen LogP contribution is -2.46. The van der Waals surface area contributed by atoms with Gasteiger partial charge in [0.2, 0.25) is 5.91 Å². The quantitative estimate of drug-likeness (QED) is 0.722. The van der Waals surface area contributed by atoms with Crippen LogP contribution in [0.15, 0.2) is 0 Å².